The first kappa shape index (κ1) is 16.3. The van der Waals surface area contributed by atoms with Crippen molar-refractivity contribution in [3.05, 3.63) is 0 Å². The molecule has 0 aromatic rings. The first-order valence-corrected chi connectivity index (χ1v) is 9.38. The summed E-state index contributed by atoms with van der Waals surface area (Å²) in [5.41, 5.74) is -0.839. The Hall–Kier alpha value is -1.11. The van der Waals surface area contributed by atoms with Crippen molar-refractivity contribution in [2.45, 2.75) is 44.9 Å². The van der Waals surface area contributed by atoms with Gasteiger partial charge in [-0.2, -0.15) is 0 Å². The summed E-state index contributed by atoms with van der Waals surface area (Å²) in [5.74, 6) is -1.24. The van der Waals surface area contributed by atoms with E-state index in [0.29, 0.717) is 25.7 Å². The number of carboxylic acids is 1. The lowest BCUT2D eigenvalue weighted by Gasteiger charge is -2.34. The van der Waals surface area contributed by atoms with Gasteiger partial charge in [-0.25, -0.2) is 8.42 Å². The smallest absolute Gasteiger partial charge is 0.311 e. The van der Waals surface area contributed by atoms with Crippen LogP contribution in [0.1, 0.15) is 44.9 Å². The molecule has 0 radical (unpaired) electrons. The molecule has 2 rings (SSSR count). The molecule has 21 heavy (non-hydrogen) atoms. The molecule has 7 heteroatoms. The Labute approximate surface area is 125 Å². The zero-order valence-corrected chi connectivity index (χ0v) is 13.0. The first-order valence-electron chi connectivity index (χ1n) is 7.56. The number of rotatable bonds is 4. The van der Waals surface area contributed by atoms with Gasteiger partial charge >= 0.3 is 5.97 Å². The molecule has 0 aromatic carbocycles. The van der Waals surface area contributed by atoms with Crippen molar-refractivity contribution < 1.29 is 23.1 Å². The molecular formula is C14H23NO5S. The Morgan fingerprint density at radius 1 is 1.10 bits per heavy atom. The lowest BCUT2D eigenvalue weighted by atomic mass is 9.74. The summed E-state index contributed by atoms with van der Waals surface area (Å²) in [5, 5.41) is 12.2. The van der Waals surface area contributed by atoms with Crippen LogP contribution in [0.15, 0.2) is 0 Å². The van der Waals surface area contributed by atoms with Crippen molar-refractivity contribution >= 4 is 21.7 Å². The predicted molar refractivity (Wildman–Crippen MR) is 77.5 cm³/mol. The van der Waals surface area contributed by atoms with Gasteiger partial charge in [0.15, 0.2) is 0 Å². The minimum absolute atomic E-state index is 0.0508. The topological polar surface area (TPSA) is 101 Å². The highest BCUT2D eigenvalue weighted by atomic mass is 32.2. The molecular weight excluding hydrogens is 294 g/mol. The van der Waals surface area contributed by atoms with E-state index in [9.17, 15) is 23.1 Å². The quantitative estimate of drug-likeness (QED) is 0.804. The molecule has 1 heterocycles. The molecule has 0 atom stereocenters. The molecule has 2 N–H and O–H groups in total. The molecule has 0 aromatic heterocycles. The molecule has 1 amide bonds. The summed E-state index contributed by atoms with van der Waals surface area (Å²) in [7, 11) is -2.98. The fourth-order valence-electron chi connectivity index (χ4n) is 3.25. The number of nitrogens with one attached hydrogen (secondary N) is 1. The van der Waals surface area contributed by atoms with Crippen LogP contribution >= 0.6 is 0 Å². The number of amides is 1. The van der Waals surface area contributed by atoms with E-state index in [2.05, 4.69) is 5.32 Å². The molecule has 0 bridgehead atoms. The molecule has 2 aliphatic rings. The number of carboxylic acid groups (broad SMARTS) is 1. The maximum Gasteiger partial charge on any atom is 0.311 e. The summed E-state index contributed by atoms with van der Waals surface area (Å²) >= 11 is 0. The molecule has 1 aliphatic carbocycles. The Balaban J connectivity index is 1.89. The van der Waals surface area contributed by atoms with Gasteiger partial charge in [-0.1, -0.05) is 19.3 Å². The summed E-state index contributed by atoms with van der Waals surface area (Å²) in [6.07, 6.45) is 4.68. The van der Waals surface area contributed by atoms with Gasteiger partial charge in [0.2, 0.25) is 5.91 Å². The monoisotopic (exact) mass is 317 g/mol. The van der Waals surface area contributed by atoms with Crippen molar-refractivity contribution in [3.8, 4) is 0 Å². The standard InChI is InChI=1S/C14H23NO5S/c16-12(11-4-8-21(19,20)9-5-11)15-10-14(13(17)18)6-2-1-3-7-14/h11H,1-10H2,(H,15,16)(H,17,18). The van der Waals surface area contributed by atoms with Crippen LogP contribution in [0.3, 0.4) is 0 Å². The summed E-state index contributed by atoms with van der Waals surface area (Å²) < 4.78 is 22.7. The van der Waals surface area contributed by atoms with Crippen molar-refractivity contribution in [3.63, 3.8) is 0 Å². The molecule has 1 saturated carbocycles. The highest BCUT2D eigenvalue weighted by Crippen LogP contribution is 2.36. The molecule has 2 fully saturated rings. The van der Waals surface area contributed by atoms with E-state index >= 15 is 0 Å². The highest BCUT2D eigenvalue weighted by molar-refractivity contribution is 7.91. The van der Waals surface area contributed by atoms with Gasteiger partial charge in [0.1, 0.15) is 9.84 Å². The van der Waals surface area contributed by atoms with E-state index < -0.39 is 21.2 Å². The van der Waals surface area contributed by atoms with Crippen LogP contribution in [0.25, 0.3) is 0 Å². The molecule has 6 nitrogen and oxygen atoms in total. The van der Waals surface area contributed by atoms with Gasteiger partial charge in [-0.05, 0) is 25.7 Å². The van der Waals surface area contributed by atoms with Gasteiger partial charge in [0.25, 0.3) is 0 Å². The molecule has 1 aliphatic heterocycles. The molecule has 0 unspecified atom stereocenters. The zero-order valence-electron chi connectivity index (χ0n) is 12.1. The maximum atomic E-state index is 12.1. The average molecular weight is 317 g/mol. The Bertz CT molecular complexity index is 493. The fraction of sp³-hybridized carbons (Fsp3) is 0.857. The number of hydrogen-bond donors (Lipinski definition) is 2. The second-order valence-electron chi connectivity index (χ2n) is 6.29. The lowest BCUT2D eigenvalue weighted by molar-refractivity contribution is -0.151. The van der Waals surface area contributed by atoms with E-state index in [-0.39, 0.29) is 29.9 Å². The van der Waals surface area contributed by atoms with Crippen molar-refractivity contribution in [2.24, 2.45) is 11.3 Å². The Kier molecular flexibility index (Phi) is 4.91. The second-order valence-corrected chi connectivity index (χ2v) is 8.59. The van der Waals surface area contributed by atoms with Gasteiger partial charge in [0.05, 0.1) is 16.9 Å². The van der Waals surface area contributed by atoms with Crippen LogP contribution < -0.4 is 5.32 Å². The van der Waals surface area contributed by atoms with Crippen LogP contribution in [-0.4, -0.2) is 43.5 Å². The van der Waals surface area contributed by atoms with E-state index in [4.69, 9.17) is 0 Å². The van der Waals surface area contributed by atoms with Crippen molar-refractivity contribution in [1.82, 2.24) is 5.32 Å². The number of carbonyl (C=O) groups excluding carboxylic acids is 1. The second kappa shape index (κ2) is 6.34. The Morgan fingerprint density at radius 3 is 2.19 bits per heavy atom. The molecule has 0 spiro atoms. The summed E-state index contributed by atoms with van der Waals surface area (Å²) in [6.45, 7) is 0.157. The zero-order chi connectivity index (χ0) is 15.5. The Morgan fingerprint density at radius 2 is 1.67 bits per heavy atom. The van der Waals surface area contributed by atoms with Gasteiger partial charge < -0.3 is 10.4 Å². The minimum Gasteiger partial charge on any atom is -0.481 e. The first-order chi connectivity index (χ1) is 9.85. The van der Waals surface area contributed by atoms with Crippen molar-refractivity contribution in [2.75, 3.05) is 18.1 Å². The molecule has 1 saturated heterocycles. The van der Waals surface area contributed by atoms with Gasteiger partial charge in [-0.3, -0.25) is 9.59 Å². The van der Waals surface area contributed by atoms with Crippen LogP contribution in [0.2, 0.25) is 0 Å². The third-order valence-electron chi connectivity index (χ3n) is 4.79. The number of hydrogen-bond acceptors (Lipinski definition) is 4. The highest BCUT2D eigenvalue weighted by Gasteiger charge is 2.40. The van der Waals surface area contributed by atoms with Gasteiger partial charge in [-0.15, -0.1) is 0 Å². The van der Waals surface area contributed by atoms with E-state index in [1.54, 1.807) is 0 Å². The fourth-order valence-corrected chi connectivity index (χ4v) is 4.74. The lowest BCUT2D eigenvalue weighted by Crippen LogP contribution is -2.46. The maximum absolute atomic E-state index is 12.1. The van der Waals surface area contributed by atoms with Crippen molar-refractivity contribution in [1.29, 1.82) is 0 Å². The SMILES string of the molecule is O=C(NCC1(C(=O)O)CCCCC1)C1CCS(=O)(=O)CC1. The van der Waals surface area contributed by atoms with E-state index in [0.717, 1.165) is 19.3 Å². The third-order valence-corrected chi connectivity index (χ3v) is 6.51. The van der Waals surface area contributed by atoms with E-state index in [1.165, 1.54) is 0 Å². The predicted octanol–water partition coefficient (Wildman–Crippen LogP) is 0.962. The summed E-state index contributed by atoms with van der Waals surface area (Å²) in [4.78, 5) is 23.6. The van der Waals surface area contributed by atoms with Crippen LogP contribution in [0.4, 0.5) is 0 Å². The normalized spacial score (nSPS) is 25.1. The number of carbonyl (C=O) groups is 2. The summed E-state index contributed by atoms with van der Waals surface area (Å²) in [6, 6.07) is 0. The average Bonchev–Trinajstić information content (AvgIpc) is 2.45. The van der Waals surface area contributed by atoms with Crippen LogP contribution in [0, 0.1) is 11.3 Å². The van der Waals surface area contributed by atoms with Crippen LogP contribution in [0.5, 0.6) is 0 Å². The number of sulfone groups is 1. The largest absolute Gasteiger partial charge is 0.481 e. The number of aliphatic carboxylic acids is 1. The minimum atomic E-state index is -2.98. The van der Waals surface area contributed by atoms with E-state index in [1.807, 2.05) is 0 Å². The third kappa shape index (κ3) is 3.96. The molecule has 120 valence electrons. The van der Waals surface area contributed by atoms with Gasteiger partial charge in [0, 0.05) is 12.5 Å². The van der Waals surface area contributed by atoms with Crippen LogP contribution in [-0.2, 0) is 19.4 Å².